The Morgan fingerprint density at radius 3 is 2.62 bits per heavy atom. The summed E-state index contributed by atoms with van der Waals surface area (Å²) < 4.78 is 5.34. The smallest absolute Gasteiger partial charge is 0.0699 e. The van der Waals surface area contributed by atoms with Crippen molar-refractivity contribution in [2.45, 2.75) is 44.9 Å². The number of aliphatic hydroxyl groups is 1. The van der Waals surface area contributed by atoms with Crippen LogP contribution in [0.4, 0.5) is 0 Å². The van der Waals surface area contributed by atoms with E-state index >= 15 is 0 Å². The van der Waals surface area contributed by atoms with Gasteiger partial charge in [0, 0.05) is 25.7 Å². The monoisotopic (exact) mass is 187 g/mol. The summed E-state index contributed by atoms with van der Waals surface area (Å²) in [5.41, 5.74) is 0. The molecule has 1 aliphatic rings. The lowest BCUT2D eigenvalue weighted by Crippen LogP contribution is -2.50. The van der Waals surface area contributed by atoms with E-state index < -0.39 is 0 Å². The molecule has 1 N–H and O–H groups in total. The number of rotatable bonds is 3. The van der Waals surface area contributed by atoms with Gasteiger partial charge in [-0.15, -0.1) is 0 Å². The third-order valence-electron chi connectivity index (χ3n) is 2.91. The molecule has 0 aromatic carbocycles. The fourth-order valence-electron chi connectivity index (χ4n) is 2.04. The standard InChI is InChI=1S/C10H21NO2/c1-8(2)11-6-10(13-3)5-4-9(11)7-12/h8-10,12H,4-7H2,1-3H3/t9-,10+/m1/s1. The third-order valence-corrected chi connectivity index (χ3v) is 2.91. The second kappa shape index (κ2) is 4.94. The van der Waals surface area contributed by atoms with Crippen molar-refractivity contribution < 1.29 is 9.84 Å². The molecule has 0 bridgehead atoms. The minimum Gasteiger partial charge on any atom is -0.395 e. The lowest BCUT2D eigenvalue weighted by molar-refractivity contribution is -0.0229. The Morgan fingerprint density at radius 1 is 1.46 bits per heavy atom. The van der Waals surface area contributed by atoms with Crippen molar-refractivity contribution in [3.8, 4) is 0 Å². The summed E-state index contributed by atoms with van der Waals surface area (Å²) in [5, 5.41) is 9.19. The number of nitrogens with zero attached hydrogens (tertiary/aromatic N) is 1. The van der Waals surface area contributed by atoms with E-state index in [9.17, 15) is 5.11 Å². The van der Waals surface area contributed by atoms with Gasteiger partial charge in [0.1, 0.15) is 0 Å². The molecular weight excluding hydrogens is 166 g/mol. The van der Waals surface area contributed by atoms with Gasteiger partial charge in [-0.1, -0.05) is 0 Å². The minimum atomic E-state index is 0.272. The Balaban J connectivity index is 2.52. The summed E-state index contributed by atoms with van der Waals surface area (Å²) in [6, 6.07) is 0.835. The van der Waals surface area contributed by atoms with Crippen molar-refractivity contribution in [3.05, 3.63) is 0 Å². The molecule has 1 fully saturated rings. The lowest BCUT2D eigenvalue weighted by Gasteiger charge is -2.40. The average molecular weight is 187 g/mol. The summed E-state index contributed by atoms with van der Waals surface area (Å²) in [5.74, 6) is 0. The second-order valence-electron chi connectivity index (χ2n) is 4.06. The van der Waals surface area contributed by atoms with Crippen LogP contribution in [0.25, 0.3) is 0 Å². The van der Waals surface area contributed by atoms with Crippen molar-refractivity contribution in [1.82, 2.24) is 4.90 Å². The maximum atomic E-state index is 9.19. The lowest BCUT2D eigenvalue weighted by atomic mass is 9.99. The predicted octanol–water partition coefficient (Wildman–Crippen LogP) is 0.866. The predicted molar refractivity (Wildman–Crippen MR) is 52.7 cm³/mol. The van der Waals surface area contributed by atoms with Crippen LogP contribution in [0.5, 0.6) is 0 Å². The van der Waals surface area contributed by atoms with E-state index in [2.05, 4.69) is 18.7 Å². The van der Waals surface area contributed by atoms with Crippen LogP contribution in [-0.4, -0.2) is 48.5 Å². The first-order chi connectivity index (χ1) is 6.19. The first kappa shape index (κ1) is 11.0. The molecule has 78 valence electrons. The number of hydrogen-bond donors (Lipinski definition) is 1. The Labute approximate surface area is 80.7 Å². The number of methoxy groups -OCH3 is 1. The highest BCUT2D eigenvalue weighted by molar-refractivity contribution is 4.83. The first-order valence-corrected chi connectivity index (χ1v) is 5.08. The first-order valence-electron chi connectivity index (χ1n) is 5.08. The van der Waals surface area contributed by atoms with Gasteiger partial charge < -0.3 is 9.84 Å². The summed E-state index contributed by atoms with van der Waals surface area (Å²) in [6.07, 6.45) is 2.48. The molecule has 0 aromatic heterocycles. The number of ether oxygens (including phenoxy) is 1. The molecule has 0 radical (unpaired) electrons. The Kier molecular flexibility index (Phi) is 4.16. The average Bonchev–Trinajstić information content (AvgIpc) is 2.16. The van der Waals surface area contributed by atoms with Crippen LogP contribution < -0.4 is 0 Å². The zero-order valence-electron chi connectivity index (χ0n) is 8.86. The van der Waals surface area contributed by atoms with Gasteiger partial charge in [-0.25, -0.2) is 0 Å². The molecule has 3 heteroatoms. The van der Waals surface area contributed by atoms with Crippen LogP contribution in [0.1, 0.15) is 26.7 Å². The van der Waals surface area contributed by atoms with Crippen molar-refractivity contribution in [3.63, 3.8) is 0 Å². The molecule has 13 heavy (non-hydrogen) atoms. The van der Waals surface area contributed by atoms with Gasteiger partial charge in [-0.3, -0.25) is 4.90 Å². The van der Waals surface area contributed by atoms with E-state index in [1.807, 2.05) is 0 Å². The van der Waals surface area contributed by atoms with E-state index in [1.54, 1.807) is 7.11 Å². The van der Waals surface area contributed by atoms with E-state index in [0.717, 1.165) is 19.4 Å². The van der Waals surface area contributed by atoms with Gasteiger partial charge in [0.15, 0.2) is 0 Å². The highest BCUT2D eigenvalue weighted by atomic mass is 16.5. The van der Waals surface area contributed by atoms with Crippen molar-refractivity contribution in [2.75, 3.05) is 20.3 Å². The Morgan fingerprint density at radius 2 is 2.15 bits per heavy atom. The molecule has 3 nitrogen and oxygen atoms in total. The summed E-state index contributed by atoms with van der Waals surface area (Å²) in [6.45, 7) is 5.56. The molecule has 1 saturated heterocycles. The zero-order chi connectivity index (χ0) is 9.84. The fourth-order valence-corrected chi connectivity index (χ4v) is 2.04. The zero-order valence-corrected chi connectivity index (χ0v) is 8.86. The van der Waals surface area contributed by atoms with Gasteiger partial charge in [-0.2, -0.15) is 0 Å². The molecule has 1 aliphatic heterocycles. The maximum Gasteiger partial charge on any atom is 0.0699 e. The van der Waals surface area contributed by atoms with Crippen LogP contribution in [0.15, 0.2) is 0 Å². The molecule has 0 aromatic rings. The summed E-state index contributed by atoms with van der Waals surface area (Å²) in [4.78, 5) is 2.33. The minimum absolute atomic E-state index is 0.272. The van der Waals surface area contributed by atoms with Crippen LogP contribution in [0.2, 0.25) is 0 Å². The Hall–Kier alpha value is -0.120. The number of aliphatic hydroxyl groups excluding tert-OH is 1. The molecule has 1 rings (SSSR count). The fraction of sp³-hybridized carbons (Fsp3) is 1.00. The highest BCUT2D eigenvalue weighted by Crippen LogP contribution is 2.20. The number of piperidine rings is 1. The molecule has 0 saturated carbocycles. The molecule has 2 atom stereocenters. The quantitative estimate of drug-likeness (QED) is 0.711. The molecular formula is C10H21NO2. The Bertz CT molecular complexity index is 150. The molecule has 1 heterocycles. The molecule has 0 unspecified atom stereocenters. The van der Waals surface area contributed by atoms with Crippen molar-refractivity contribution in [2.24, 2.45) is 0 Å². The van der Waals surface area contributed by atoms with Gasteiger partial charge in [0.05, 0.1) is 12.7 Å². The highest BCUT2D eigenvalue weighted by Gasteiger charge is 2.28. The van der Waals surface area contributed by atoms with Gasteiger partial charge in [-0.05, 0) is 26.7 Å². The van der Waals surface area contributed by atoms with Crippen LogP contribution >= 0.6 is 0 Å². The van der Waals surface area contributed by atoms with E-state index in [-0.39, 0.29) is 6.61 Å². The largest absolute Gasteiger partial charge is 0.395 e. The number of hydrogen-bond acceptors (Lipinski definition) is 3. The molecule has 0 amide bonds. The number of likely N-dealkylation sites (tertiary alicyclic amines) is 1. The SMILES string of the molecule is CO[C@H]1CC[C@H](CO)N(C(C)C)C1. The third kappa shape index (κ3) is 2.66. The van der Waals surface area contributed by atoms with E-state index in [0.29, 0.717) is 18.2 Å². The van der Waals surface area contributed by atoms with Gasteiger partial charge in [0.2, 0.25) is 0 Å². The van der Waals surface area contributed by atoms with Crippen LogP contribution in [-0.2, 0) is 4.74 Å². The van der Waals surface area contributed by atoms with Crippen molar-refractivity contribution in [1.29, 1.82) is 0 Å². The molecule has 0 aliphatic carbocycles. The van der Waals surface area contributed by atoms with Crippen LogP contribution in [0.3, 0.4) is 0 Å². The van der Waals surface area contributed by atoms with E-state index in [4.69, 9.17) is 4.74 Å². The summed E-state index contributed by atoms with van der Waals surface area (Å²) in [7, 11) is 1.77. The summed E-state index contributed by atoms with van der Waals surface area (Å²) >= 11 is 0. The maximum absolute atomic E-state index is 9.19. The van der Waals surface area contributed by atoms with E-state index in [1.165, 1.54) is 0 Å². The topological polar surface area (TPSA) is 32.7 Å². The molecule has 0 spiro atoms. The van der Waals surface area contributed by atoms with Gasteiger partial charge in [0.25, 0.3) is 0 Å². The van der Waals surface area contributed by atoms with Crippen LogP contribution in [0, 0.1) is 0 Å². The second-order valence-corrected chi connectivity index (χ2v) is 4.06. The normalized spacial score (nSPS) is 31.2. The van der Waals surface area contributed by atoms with Crippen molar-refractivity contribution >= 4 is 0 Å². The van der Waals surface area contributed by atoms with Gasteiger partial charge >= 0.3 is 0 Å².